The molecule has 5 heteroatoms. The van der Waals surface area contributed by atoms with Crippen LogP contribution in [-0.4, -0.2) is 16.6 Å². The van der Waals surface area contributed by atoms with Crippen molar-refractivity contribution in [1.82, 2.24) is 9.97 Å². The number of rotatable bonds is 7. The monoisotopic (exact) mass is 610 g/mol. The molecule has 0 radical (unpaired) electrons. The lowest BCUT2D eigenvalue weighted by Crippen LogP contribution is -2.07. The molecule has 2 saturated carbocycles. The van der Waals surface area contributed by atoms with Gasteiger partial charge in [0.25, 0.3) is 0 Å². The molecule has 0 amide bonds. The van der Waals surface area contributed by atoms with Crippen LogP contribution >= 0.6 is 0 Å². The minimum absolute atomic E-state index is 0.538. The molecular formula is C41H42N2O3. The Morgan fingerprint density at radius 1 is 0.587 bits per heavy atom. The van der Waals surface area contributed by atoms with Crippen molar-refractivity contribution in [2.24, 2.45) is 0 Å². The van der Waals surface area contributed by atoms with Gasteiger partial charge in [0.1, 0.15) is 16.8 Å². The predicted octanol–water partition coefficient (Wildman–Crippen LogP) is 11.8. The summed E-state index contributed by atoms with van der Waals surface area (Å²) in [4.78, 5) is 9.80. The Bertz CT molecular complexity index is 1970. The Hall–Kier alpha value is -4.38. The third-order valence-electron chi connectivity index (χ3n) is 10.3. The topological polar surface area (TPSA) is 61.3 Å². The molecule has 6 aromatic rings. The number of hydrogen-bond acceptors (Lipinski definition) is 5. The van der Waals surface area contributed by atoms with Gasteiger partial charge < -0.3 is 13.6 Å². The van der Waals surface area contributed by atoms with Crippen molar-refractivity contribution in [3.8, 4) is 39.8 Å². The molecule has 0 saturated heterocycles. The number of nitrogens with zero attached hydrogens (tertiary/aromatic N) is 2. The third kappa shape index (κ3) is 5.61. The summed E-state index contributed by atoms with van der Waals surface area (Å²) < 4.78 is 18.6. The molecule has 5 nitrogen and oxygen atoms in total. The number of ether oxygens (including phenoxy) is 1. The Morgan fingerprint density at radius 3 is 1.57 bits per heavy atom. The van der Waals surface area contributed by atoms with E-state index < -0.39 is 0 Å². The molecule has 46 heavy (non-hydrogen) atoms. The van der Waals surface area contributed by atoms with E-state index in [9.17, 15) is 0 Å². The molecule has 2 heterocycles. The van der Waals surface area contributed by atoms with Crippen LogP contribution in [0.4, 0.5) is 0 Å². The molecule has 2 aliphatic rings. The molecule has 0 bridgehead atoms. The normalized spacial score (nSPS) is 16.4. The van der Waals surface area contributed by atoms with Gasteiger partial charge in [-0.1, -0.05) is 62.8 Å². The van der Waals surface area contributed by atoms with Crippen molar-refractivity contribution in [2.75, 3.05) is 6.61 Å². The zero-order chi connectivity index (χ0) is 31.0. The first-order valence-corrected chi connectivity index (χ1v) is 17.3. The summed E-state index contributed by atoms with van der Waals surface area (Å²) in [6, 6.07) is 25.6. The fraction of sp³-hybridized carbons (Fsp3) is 0.366. The van der Waals surface area contributed by atoms with Gasteiger partial charge in [0, 0.05) is 17.2 Å². The van der Waals surface area contributed by atoms with Gasteiger partial charge in [-0.2, -0.15) is 0 Å². The Balaban J connectivity index is 1.02. The highest BCUT2D eigenvalue weighted by molar-refractivity contribution is 5.81. The van der Waals surface area contributed by atoms with Crippen molar-refractivity contribution < 1.29 is 13.6 Å². The number of oxazole rings is 2. The van der Waals surface area contributed by atoms with Gasteiger partial charge in [0.15, 0.2) is 11.2 Å². The number of hydrogen-bond donors (Lipinski definition) is 0. The molecule has 0 spiro atoms. The van der Waals surface area contributed by atoms with E-state index in [1.165, 1.54) is 80.9 Å². The number of fused-ring (bicyclic) bond motifs is 2. The Labute approximate surface area is 271 Å². The van der Waals surface area contributed by atoms with Crippen LogP contribution in [-0.2, 0) is 0 Å². The zero-order valence-corrected chi connectivity index (χ0v) is 27.0. The zero-order valence-electron chi connectivity index (χ0n) is 27.0. The standard InChI is InChI=1S/C41H42N2O3/c1-3-44-37-25-39-36(24-34(37)30-12-8-5-9-13-30)43-41(46-39)32-20-16-28(17-21-32)27-14-18-31(19-15-27)40-42-35-23-33(26(2)22-38(35)45-40)29-10-6-4-7-11-29/h14-25,29-30H,3-13H2,1-2H3. The largest absolute Gasteiger partial charge is 0.493 e. The van der Waals surface area contributed by atoms with Crippen molar-refractivity contribution in [2.45, 2.75) is 89.9 Å². The molecule has 234 valence electrons. The van der Waals surface area contributed by atoms with E-state index in [0.29, 0.717) is 30.2 Å². The fourth-order valence-electron chi connectivity index (χ4n) is 7.79. The molecule has 0 aliphatic heterocycles. The number of aromatic nitrogens is 2. The third-order valence-corrected chi connectivity index (χ3v) is 10.3. The van der Waals surface area contributed by atoms with Gasteiger partial charge in [0.05, 0.1) is 6.61 Å². The van der Waals surface area contributed by atoms with Crippen LogP contribution in [0.2, 0.25) is 0 Å². The van der Waals surface area contributed by atoms with E-state index in [1.807, 2.05) is 13.0 Å². The molecule has 0 atom stereocenters. The Kier molecular flexibility index (Phi) is 7.85. The van der Waals surface area contributed by atoms with Crippen LogP contribution in [0, 0.1) is 6.92 Å². The summed E-state index contributed by atoms with van der Waals surface area (Å²) in [6.45, 7) is 4.89. The lowest BCUT2D eigenvalue weighted by atomic mass is 9.82. The van der Waals surface area contributed by atoms with E-state index in [2.05, 4.69) is 73.7 Å². The maximum atomic E-state index is 6.26. The molecule has 4 aromatic carbocycles. The minimum atomic E-state index is 0.538. The van der Waals surface area contributed by atoms with E-state index in [4.69, 9.17) is 23.5 Å². The first-order chi connectivity index (χ1) is 22.6. The highest BCUT2D eigenvalue weighted by atomic mass is 16.5. The van der Waals surface area contributed by atoms with Gasteiger partial charge in [-0.05, 0) is 122 Å². The second-order valence-electron chi connectivity index (χ2n) is 13.3. The molecule has 0 unspecified atom stereocenters. The molecule has 0 N–H and O–H groups in total. The van der Waals surface area contributed by atoms with Gasteiger partial charge in [-0.25, -0.2) is 9.97 Å². The smallest absolute Gasteiger partial charge is 0.227 e. The van der Waals surface area contributed by atoms with Crippen molar-refractivity contribution >= 4 is 22.2 Å². The van der Waals surface area contributed by atoms with Crippen LogP contribution in [0.25, 0.3) is 56.2 Å². The van der Waals surface area contributed by atoms with Gasteiger partial charge in [0.2, 0.25) is 11.8 Å². The predicted molar refractivity (Wildman–Crippen MR) is 185 cm³/mol. The van der Waals surface area contributed by atoms with Crippen LogP contribution in [0.5, 0.6) is 5.75 Å². The molecule has 2 fully saturated rings. The summed E-state index contributed by atoms with van der Waals surface area (Å²) in [6.07, 6.45) is 12.9. The average molecular weight is 611 g/mol. The SMILES string of the molecule is CCOc1cc2oc(-c3ccc(-c4ccc(-c5nc6cc(C7CCCCC7)c(C)cc6o5)cc4)cc3)nc2cc1C1CCCCC1. The van der Waals surface area contributed by atoms with Gasteiger partial charge >= 0.3 is 0 Å². The van der Waals surface area contributed by atoms with Crippen molar-refractivity contribution in [3.63, 3.8) is 0 Å². The van der Waals surface area contributed by atoms with E-state index in [1.54, 1.807) is 0 Å². The first kappa shape index (κ1) is 29.1. The summed E-state index contributed by atoms with van der Waals surface area (Å²) >= 11 is 0. The summed E-state index contributed by atoms with van der Waals surface area (Å²) in [5.41, 5.74) is 11.8. The lowest BCUT2D eigenvalue weighted by Gasteiger charge is -2.24. The first-order valence-electron chi connectivity index (χ1n) is 17.3. The van der Waals surface area contributed by atoms with E-state index in [-0.39, 0.29) is 0 Å². The van der Waals surface area contributed by atoms with Gasteiger partial charge in [-0.15, -0.1) is 0 Å². The second kappa shape index (κ2) is 12.4. The molecule has 8 rings (SSSR count). The van der Waals surface area contributed by atoms with Crippen LogP contribution < -0.4 is 4.74 Å². The summed E-state index contributed by atoms with van der Waals surface area (Å²) in [5.74, 6) is 3.45. The number of benzene rings is 4. The minimum Gasteiger partial charge on any atom is -0.493 e. The lowest BCUT2D eigenvalue weighted by molar-refractivity contribution is 0.328. The van der Waals surface area contributed by atoms with Crippen LogP contribution in [0.3, 0.4) is 0 Å². The molecule has 2 aromatic heterocycles. The second-order valence-corrected chi connectivity index (χ2v) is 13.3. The maximum absolute atomic E-state index is 6.26. The van der Waals surface area contributed by atoms with Crippen LogP contribution in [0.15, 0.2) is 81.6 Å². The van der Waals surface area contributed by atoms with Crippen molar-refractivity contribution in [1.29, 1.82) is 0 Å². The van der Waals surface area contributed by atoms with Crippen molar-refractivity contribution in [3.05, 3.63) is 89.5 Å². The Morgan fingerprint density at radius 2 is 1.04 bits per heavy atom. The molecule has 2 aliphatic carbocycles. The van der Waals surface area contributed by atoms with Crippen LogP contribution in [0.1, 0.15) is 99.7 Å². The van der Waals surface area contributed by atoms with Gasteiger partial charge in [-0.3, -0.25) is 0 Å². The quantitative estimate of drug-likeness (QED) is 0.180. The van der Waals surface area contributed by atoms with E-state index >= 15 is 0 Å². The average Bonchev–Trinajstić information content (AvgIpc) is 3.72. The van der Waals surface area contributed by atoms with E-state index in [0.717, 1.165) is 50.2 Å². The number of aryl methyl sites for hydroxylation is 1. The molecular weight excluding hydrogens is 568 g/mol. The highest BCUT2D eigenvalue weighted by Gasteiger charge is 2.23. The summed E-state index contributed by atoms with van der Waals surface area (Å²) in [5, 5.41) is 0. The summed E-state index contributed by atoms with van der Waals surface area (Å²) in [7, 11) is 0. The fourth-order valence-corrected chi connectivity index (χ4v) is 7.79. The highest BCUT2D eigenvalue weighted by Crippen LogP contribution is 2.41. The maximum Gasteiger partial charge on any atom is 0.227 e.